The molecule has 0 heterocycles. The standard InChI is InChI=1S/C27H28/c1-16-7-9-27-21(6)22(8-10-26(27)20(16)5)14-23-15-25-12-18(3)17(2)11-24(25)13-19(23)4/h7-13,15H,14H2,1-6H3. The highest BCUT2D eigenvalue weighted by Crippen LogP contribution is 2.30. The number of fused-ring (bicyclic) bond motifs is 2. The molecule has 0 unspecified atom stereocenters. The summed E-state index contributed by atoms with van der Waals surface area (Å²) in [4.78, 5) is 0. The van der Waals surface area contributed by atoms with Crippen molar-refractivity contribution in [3.63, 3.8) is 0 Å². The molecule has 0 aliphatic carbocycles. The van der Waals surface area contributed by atoms with Gasteiger partial charge < -0.3 is 0 Å². The normalized spacial score (nSPS) is 11.5. The zero-order chi connectivity index (χ0) is 19.3. The molecule has 136 valence electrons. The summed E-state index contributed by atoms with van der Waals surface area (Å²) in [6.07, 6.45) is 0.989. The van der Waals surface area contributed by atoms with Crippen LogP contribution in [0, 0.1) is 41.5 Å². The van der Waals surface area contributed by atoms with Gasteiger partial charge >= 0.3 is 0 Å². The van der Waals surface area contributed by atoms with E-state index in [-0.39, 0.29) is 0 Å². The maximum absolute atomic E-state index is 2.39. The molecule has 0 aliphatic rings. The van der Waals surface area contributed by atoms with Crippen LogP contribution >= 0.6 is 0 Å². The van der Waals surface area contributed by atoms with Gasteiger partial charge in [-0.15, -0.1) is 0 Å². The van der Waals surface area contributed by atoms with E-state index in [0.29, 0.717) is 0 Å². The van der Waals surface area contributed by atoms with Crippen LogP contribution in [-0.2, 0) is 6.42 Å². The maximum Gasteiger partial charge on any atom is -0.00201 e. The first kappa shape index (κ1) is 17.8. The number of rotatable bonds is 2. The average Bonchev–Trinajstić information content (AvgIpc) is 2.63. The SMILES string of the molecule is Cc1cc2cc(C)c(Cc3ccc4c(C)c(C)ccc4c3C)cc2cc1C. The molecular weight excluding hydrogens is 324 g/mol. The van der Waals surface area contributed by atoms with Gasteiger partial charge in [-0.25, -0.2) is 0 Å². The fourth-order valence-electron chi connectivity index (χ4n) is 4.19. The zero-order valence-electron chi connectivity index (χ0n) is 17.3. The lowest BCUT2D eigenvalue weighted by molar-refractivity contribution is 1.14. The Morgan fingerprint density at radius 3 is 1.74 bits per heavy atom. The molecule has 0 saturated carbocycles. The van der Waals surface area contributed by atoms with Gasteiger partial charge in [0.05, 0.1) is 0 Å². The minimum atomic E-state index is 0.989. The Morgan fingerprint density at radius 1 is 0.481 bits per heavy atom. The Kier molecular flexibility index (Phi) is 4.30. The van der Waals surface area contributed by atoms with Crippen LogP contribution < -0.4 is 0 Å². The lowest BCUT2D eigenvalue weighted by atomic mass is 9.90. The molecule has 0 radical (unpaired) electrons. The molecule has 0 atom stereocenters. The molecular formula is C27H28. The van der Waals surface area contributed by atoms with E-state index >= 15 is 0 Å². The fourth-order valence-corrected chi connectivity index (χ4v) is 4.19. The molecule has 0 spiro atoms. The summed E-state index contributed by atoms with van der Waals surface area (Å²) < 4.78 is 0. The first-order chi connectivity index (χ1) is 12.8. The van der Waals surface area contributed by atoms with Gasteiger partial charge in [0.15, 0.2) is 0 Å². The summed E-state index contributed by atoms with van der Waals surface area (Å²) in [5, 5.41) is 5.47. The topological polar surface area (TPSA) is 0 Å². The monoisotopic (exact) mass is 352 g/mol. The van der Waals surface area contributed by atoms with Gasteiger partial charge in [-0.3, -0.25) is 0 Å². The van der Waals surface area contributed by atoms with Gasteiger partial charge in [0.2, 0.25) is 0 Å². The largest absolute Gasteiger partial charge is 0.0584 e. The first-order valence-electron chi connectivity index (χ1n) is 9.84. The molecule has 0 aliphatic heterocycles. The molecule has 0 nitrogen and oxygen atoms in total. The molecule has 0 aromatic heterocycles. The summed E-state index contributed by atoms with van der Waals surface area (Å²) in [5.41, 5.74) is 11.1. The van der Waals surface area contributed by atoms with E-state index in [9.17, 15) is 0 Å². The van der Waals surface area contributed by atoms with Gasteiger partial charge in [0.1, 0.15) is 0 Å². The zero-order valence-corrected chi connectivity index (χ0v) is 17.3. The van der Waals surface area contributed by atoms with Crippen molar-refractivity contribution in [1.82, 2.24) is 0 Å². The van der Waals surface area contributed by atoms with Crippen molar-refractivity contribution in [3.05, 3.63) is 93.0 Å². The smallest absolute Gasteiger partial charge is 0.00201 e. The summed E-state index contributed by atoms with van der Waals surface area (Å²) in [6, 6.07) is 18.6. The van der Waals surface area contributed by atoms with Gasteiger partial charge in [0.25, 0.3) is 0 Å². The second kappa shape index (κ2) is 6.53. The number of hydrogen-bond acceptors (Lipinski definition) is 0. The highest BCUT2D eigenvalue weighted by atomic mass is 14.1. The third kappa shape index (κ3) is 3.04. The summed E-state index contributed by atoms with van der Waals surface area (Å²) in [5.74, 6) is 0. The molecule has 0 fully saturated rings. The van der Waals surface area contributed by atoms with Crippen LogP contribution in [0.2, 0.25) is 0 Å². The summed E-state index contributed by atoms with van der Waals surface area (Å²) in [7, 11) is 0. The third-order valence-electron chi connectivity index (χ3n) is 6.41. The average molecular weight is 353 g/mol. The predicted molar refractivity (Wildman–Crippen MR) is 119 cm³/mol. The van der Waals surface area contributed by atoms with Crippen LogP contribution in [0.4, 0.5) is 0 Å². The van der Waals surface area contributed by atoms with Gasteiger partial charge in [-0.2, -0.15) is 0 Å². The lowest BCUT2D eigenvalue weighted by Crippen LogP contribution is -1.97. The second-order valence-electron chi connectivity index (χ2n) is 8.19. The minimum absolute atomic E-state index is 0.989. The Bertz CT molecular complexity index is 1190. The van der Waals surface area contributed by atoms with Crippen molar-refractivity contribution in [2.24, 2.45) is 0 Å². The van der Waals surface area contributed by atoms with Crippen LogP contribution in [-0.4, -0.2) is 0 Å². The van der Waals surface area contributed by atoms with E-state index in [4.69, 9.17) is 0 Å². The number of benzene rings is 4. The molecule has 4 rings (SSSR count). The van der Waals surface area contributed by atoms with Crippen LogP contribution in [0.5, 0.6) is 0 Å². The van der Waals surface area contributed by atoms with Crippen LogP contribution in [0.15, 0.2) is 48.5 Å². The molecule has 0 N–H and O–H groups in total. The Hall–Kier alpha value is -2.60. The quantitative estimate of drug-likeness (QED) is 0.352. The first-order valence-corrected chi connectivity index (χ1v) is 9.84. The van der Waals surface area contributed by atoms with Crippen LogP contribution in [0.3, 0.4) is 0 Å². The molecule has 0 amide bonds. The predicted octanol–water partition coefficient (Wildman–Crippen LogP) is 7.43. The highest BCUT2D eigenvalue weighted by molar-refractivity contribution is 5.90. The van der Waals surface area contributed by atoms with Crippen LogP contribution in [0.1, 0.15) is 44.5 Å². The van der Waals surface area contributed by atoms with Gasteiger partial charge in [0, 0.05) is 0 Å². The fraction of sp³-hybridized carbons (Fsp3) is 0.259. The van der Waals surface area contributed by atoms with Crippen LogP contribution in [0.25, 0.3) is 21.5 Å². The molecule has 0 heteroatoms. The van der Waals surface area contributed by atoms with E-state index in [2.05, 4.69) is 90.1 Å². The van der Waals surface area contributed by atoms with E-state index < -0.39 is 0 Å². The van der Waals surface area contributed by atoms with Crippen molar-refractivity contribution >= 4 is 21.5 Å². The molecule has 4 aromatic carbocycles. The number of aryl methyl sites for hydroxylation is 6. The maximum atomic E-state index is 2.39. The lowest BCUT2D eigenvalue weighted by Gasteiger charge is -2.15. The molecule has 27 heavy (non-hydrogen) atoms. The number of hydrogen-bond donors (Lipinski definition) is 0. The Morgan fingerprint density at radius 2 is 1.04 bits per heavy atom. The Balaban J connectivity index is 1.82. The van der Waals surface area contributed by atoms with E-state index in [1.54, 1.807) is 0 Å². The second-order valence-corrected chi connectivity index (χ2v) is 8.19. The van der Waals surface area contributed by atoms with Crippen molar-refractivity contribution in [1.29, 1.82) is 0 Å². The highest BCUT2D eigenvalue weighted by Gasteiger charge is 2.10. The van der Waals surface area contributed by atoms with E-state index in [1.807, 2.05) is 0 Å². The van der Waals surface area contributed by atoms with Crippen molar-refractivity contribution in [3.8, 4) is 0 Å². The molecule has 4 aromatic rings. The van der Waals surface area contributed by atoms with Crippen molar-refractivity contribution in [2.45, 2.75) is 48.0 Å². The van der Waals surface area contributed by atoms with E-state index in [0.717, 1.165) is 6.42 Å². The van der Waals surface area contributed by atoms with Crippen molar-refractivity contribution < 1.29 is 0 Å². The summed E-state index contributed by atoms with van der Waals surface area (Å²) in [6.45, 7) is 13.3. The van der Waals surface area contributed by atoms with E-state index in [1.165, 1.54) is 66.1 Å². The minimum Gasteiger partial charge on any atom is -0.0584 e. The molecule has 0 saturated heterocycles. The van der Waals surface area contributed by atoms with Gasteiger partial charge in [-0.05, 0) is 114 Å². The third-order valence-corrected chi connectivity index (χ3v) is 6.41. The van der Waals surface area contributed by atoms with Gasteiger partial charge in [-0.1, -0.05) is 48.5 Å². The summed E-state index contributed by atoms with van der Waals surface area (Å²) >= 11 is 0. The Labute approximate surface area is 162 Å². The van der Waals surface area contributed by atoms with Crippen molar-refractivity contribution in [2.75, 3.05) is 0 Å². The molecule has 0 bridgehead atoms.